The standard InChI is InChI=1S/C20H21N3O4S2/c1-3-27-19(25)17-12-5-4-6-15(12)29-18(17)23-16(24)10-28-20-21-13-8-7-11(26-2)9-14(13)22-20/h7-9H,3-6,10H2,1-2H3,(H,21,22)(H,23,24). The Kier molecular flexibility index (Phi) is 5.77. The van der Waals surface area contributed by atoms with Gasteiger partial charge >= 0.3 is 5.97 Å². The molecule has 2 heterocycles. The van der Waals surface area contributed by atoms with Crippen LogP contribution in [0.5, 0.6) is 5.75 Å². The molecule has 29 heavy (non-hydrogen) atoms. The molecule has 0 unspecified atom stereocenters. The maximum atomic E-state index is 12.5. The minimum Gasteiger partial charge on any atom is -0.497 e. The topological polar surface area (TPSA) is 93.3 Å². The molecule has 4 rings (SSSR count). The molecule has 2 aromatic heterocycles. The van der Waals surface area contributed by atoms with Crippen molar-refractivity contribution in [1.29, 1.82) is 0 Å². The number of nitrogens with one attached hydrogen (secondary N) is 2. The van der Waals surface area contributed by atoms with Gasteiger partial charge in [-0.2, -0.15) is 0 Å². The van der Waals surface area contributed by atoms with Crippen molar-refractivity contribution < 1.29 is 19.1 Å². The molecule has 1 aromatic carbocycles. The number of fused-ring (bicyclic) bond motifs is 2. The number of thiophene rings is 1. The van der Waals surface area contributed by atoms with Crippen molar-refractivity contribution >= 4 is 51.0 Å². The number of anilines is 1. The predicted molar refractivity (Wildman–Crippen MR) is 114 cm³/mol. The predicted octanol–water partition coefficient (Wildman–Crippen LogP) is 4.03. The van der Waals surface area contributed by atoms with Crippen LogP contribution < -0.4 is 10.1 Å². The molecule has 7 nitrogen and oxygen atoms in total. The molecular weight excluding hydrogens is 410 g/mol. The number of rotatable bonds is 7. The Bertz CT molecular complexity index is 1070. The smallest absolute Gasteiger partial charge is 0.341 e. The number of aryl methyl sites for hydroxylation is 1. The highest BCUT2D eigenvalue weighted by atomic mass is 32.2. The van der Waals surface area contributed by atoms with E-state index < -0.39 is 0 Å². The number of carbonyl (C=O) groups is 2. The molecule has 3 aromatic rings. The third-order valence-electron chi connectivity index (χ3n) is 4.66. The van der Waals surface area contributed by atoms with Crippen LogP contribution in [0.2, 0.25) is 0 Å². The summed E-state index contributed by atoms with van der Waals surface area (Å²) in [5.41, 5.74) is 3.22. The summed E-state index contributed by atoms with van der Waals surface area (Å²) in [7, 11) is 1.61. The summed E-state index contributed by atoms with van der Waals surface area (Å²) in [5.74, 6) is 0.384. The average Bonchev–Trinajstić information content (AvgIpc) is 3.39. The highest BCUT2D eigenvalue weighted by Gasteiger charge is 2.28. The van der Waals surface area contributed by atoms with Crippen molar-refractivity contribution in [3.8, 4) is 5.75 Å². The molecule has 0 atom stereocenters. The molecule has 0 spiro atoms. The number of ether oxygens (including phenoxy) is 2. The third-order valence-corrected chi connectivity index (χ3v) is 6.74. The number of H-pyrrole nitrogens is 1. The Morgan fingerprint density at radius 2 is 2.21 bits per heavy atom. The fourth-order valence-electron chi connectivity index (χ4n) is 3.37. The molecule has 0 bridgehead atoms. The van der Waals surface area contributed by atoms with E-state index in [4.69, 9.17) is 9.47 Å². The molecule has 0 radical (unpaired) electrons. The van der Waals surface area contributed by atoms with E-state index >= 15 is 0 Å². The molecular formula is C20H21N3O4S2. The number of esters is 1. The van der Waals surface area contributed by atoms with Gasteiger partial charge in [-0.05, 0) is 43.9 Å². The van der Waals surface area contributed by atoms with Crippen LogP contribution in [-0.2, 0) is 22.4 Å². The summed E-state index contributed by atoms with van der Waals surface area (Å²) in [6, 6.07) is 5.58. The first-order valence-electron chi connectivity index (χ1n) is 9.37. The number of thioether (sulfide) groups is 1. The van der Waals surface area contributed by atoms with Crippen molar-refractivity contribution in [2.75, 3.05) is 24.8 Å². The Hall–Kier alpha value is -2.52. The molecule has 1 aliphatic rings. The van der Waals surface area contributed by atoms with Crippen LogP contribution in [0.25, 0.3) is 11.0 Å². The monoisotopic (exact) mass is 431 g/mol. The van der Waals surface area contributed by atoms with Crippen LogP contribution in [0.1, 0.15) is 34.1 Å². The Labute approximate surface area is 176 Å². The lowest BCUT2D eigenvalue weighted by Crippen LogP contribution is -2.16. The van der Waals surface area contributed by atoms with Gasteiger partial charge in [0.2, 0.25) is 5.91 Å². The number of aromatic amines is 1. The summed E-state index contributed by atoms with van der Waals surface area (Å²) >= 11 is 2.79. The average molecular weight is 432 g/mol. The first-order valence-corrected chi connectivity index (χ1v) is 11.2. The molecule has 1 aliphatic carbocycles. The number of imidazole rings is 1. The number of aromatic nitrogens is 2. The molecule has 0 fully saturated rings. The molecule has 9 heteroatoms. The van der Waals surface area contributed by atoms with E-state index in [1.165, 1.54) is 28.0 Å². The zero-order valence-corrected chi connectivity index (χ0v) is 17.8. The third kappa shape index (κ3) is 4.11. The first-order chi connectivity index (χ1) is 14.1. The Morgan fingerprint density at radius 1 is 1.34 bits per heavy atom. The number of carbonyl (C=O) groups excluding carboxylic acids is 2. The van der Waals surface area contributed by atoms with Crippen LogP contribution in [-0.4, -0.2) is 41.3 Å². The zero-order chi connectivity index (χ0) is 20.4. The van der Waals surface area contributed by atoms with Crippen LogP contribution in [0.15, 0.2) is 23.4 Å². The second-order valence-corrected chi connectivity index (χ2v) is 8.61. The SMILES string of the molecule is CCOC(=O)c1c(NC(=O)CSc2nc3ccc(OC)cc3[nH]2)sc2c1CCC2. The first kappa shape index (κ1) is 19.8. The number of hydrogen-bond acceptors (Lipinski definition) is 7. The highest BCUT2D eigenvalue weighted by molar-refractivity contribution is 7.99. The molecule has 2 N–H and O–H groups in total. The number of amides is 1. The van der Waals surface area contributed by atoms with Crippen molar-refractivity contribution in [1.82, 2.24) is 9.97 Å². The van der Waals surface area contributed by atoms with Gasteiger partial charge in [0.25, 0.3) is 0 Å². The quantitative estimate of drug-likeness (QED) is 0.433. The van der Waals surface area contributed by atoms with Crippen LogP contribution in [0.3, 0.4) is 0 Å². The second-order valence-electron chi connectivity index (χ2n) is 6.54. The summed E-state index contributed by atoms with van der Waals surface area (Å²) in [5, 5.41) is 4.14. The second kappa shape index (κ2) is 8.46. The maximum absolute atomic E-state index is 12.5. The van der Waals surface area contributed by atoms with E-state index in [1.54, 1.807) is 14.0 Å². The lowest BCUT2D eigenvalue weighted by Gasteiger charge is -2.07. The molecule has 1 amide bonds. The van der Waals surface area contributed by atoms with E-state index in [2.05, 4.69) is 15.3 Å². The van der Waals surface area contributed by atoms with Gasteiger partial charge in [0.15, 0.2) is 5.16 Å². The number of benzene rings is 1. The van der Waals surface area contributed by atoms with Crippen LogP contribution in [0, 0.1) is 0 Å². The number of methoxy groups -OCH3 is 1. The van der Waals surface area contributed by atoms with E-state index in [0.717, 1.165) is 41.6 Å². The Balaban J connectivity index is 1.44. The van der Waals surface area contributed by atoms with Crippen molar-refractivity contribution in [2.45, 2.75) is 31.3 Å². The summed E-state index contributed by atoms with van der Waals surface area (Å²) < 4.78 is 10.4. The minimum atomic E-state index is -0.360. The summed E-state index contributed by atoms with van der Waals surface area (Å²) in [4.78, 5) is 33.8. The van der Waals surface area contributed by atoms with Crippen molar-refractivity contribution in [3.63, 3.8) is 0 Å². The van der Waals surface area contributed by atoms with E-state index in [0.29, 0.717) is 22.3 Å². The van der Waals surface area contributed by atoms with Gasteiger partial charge in [-0.3, -0.25) is 4.79 Å². The molecule has 152 valence electrons. The van der Waals surface area contributed by atoms with Gasteiger partial charge in [-0.25, -0.2) is 9.78 Å². The maximum Gasteiger partial charge on any atom is 0.341 e. The highest BCUT2D eigenvalue weighted by Crippen LogP contribution is 2.39. The van der Waals surface area contributed by atoms with Gasteiger partial charge in [0.05, 0.1) is 36.1 Å². The van der Waals surface area contributed by atoms with Crippen LogP contribution in [0.4, 0.5) is 5.00 Å². The van der Waals surface area contributed by atoms with Gasteiger partial charge in [-0.1, -0.05) is 11.8 Å². The van der Waals surface area contributed by atoms with Crippen molar-refractivity contribution in [2.24, 2.45) is 0 Å². The van der Waals surface area contributed by atoms with E-state index in [1.807, 2.05) is 18.2 Å². The van der Waals surface area contributed by atoms with Gasteiger partial charge in [0.1, 0.15) is 10.8 Å². The summed E-state index contributed by atoms with van der Waals surface area (Å²) in [6.45, 7) is 2.09. The normalized spacial score (nSPS) is 12.8. The number of nitrogens with zero attached hydrogens (tertiary/aromatic N) is 1. The van der Waals surface area contributed by atoms with E-state index in [-0.39, 0.29) is 17.6 Å². The van der Waals surface area contributed by atoms with E-state index in [9.17, 15) is 9.59 Å². The van der Waals surface area contributed by atoms with Crippen LogP contribution >= 0.6 is 23.1 Å². The number of hydrogen-bond donors (Lipinski definition) is 2. The van der Waals surface area contributed by atoms with Gasteiger partial charge in [0, 0.05) is 10.9 Å². The Morgan fingerprint density at radius 3 is 3.00 bits per heavy atom. The molecule has 0 aliphatic heterocycles. The fourth-order valence-corrected chi connectivity index (χ4v) is 5.35. The zero-order valence-electron chi connectivity index (χ0n) is 16.2. The summed E-state index contributed by atoms with van der Waals surface area (Å²) in [6.07, 6.45) is 2.83. The van der Waals surface area contributed by atoms with Crippen molar-refractivity contribution in [3.05, 3.63) is 34.2 Å². The molecule has 0 saturated heterocycles. The minimum absolute atomic E-state index is 0.182. The van der Waals surface area contributed by atoms with Gasteiger partial charge < -0.3 is 19.8 Å². The lowest BCUT2D eigenvalue weighted by atomic mass is 10.1. The van der Waals surface area contributed by atoms with Gasteiger partial charge in [-0.15, -0.1) is 11.3 Å². The lowest BCUT2D eigenvalue weighted by molar-refractivity contribution is -0.113. The largest absolute Gasteiger partial charge is 0.497 e. The fraction of sp³-hybridized carbons (Fsp3) is 0.350. The molecule has 0 saturated carbocycles.